The Balaban J connectivity index is 1.76. The molecule has 0 radical (unpaired) electrons. The summed E-state index contributed by atoms with van der Waals surface area (Å²) in [4.78, 5) is 31.5. The number of aromatic nitrogens is 2. The number of aryl methyl sites for hydroxylation is 1. The van der Waals surface area contributed by atoms with E-state index in [9.17, 15) is 14.0 Å². The number of nitrogens with zero attached hydrogens (tertiary/aromatic N) is 2. The van der Waals surface area contributed by atoms with E-state index in [1.54, 1.807) is 18.3 Å². The van der Waals surface area contributed by atoms with Crippen LogP contribution in [-0.4, -0.2) is 41.2 Å². The van der Waals surface area contributed by atoms with E-state index in [1.807, 2.05) is 6.92 Å². The summed E-state index contributed by atoms with van der Waals surface area (Å²) in [6.07, 6.45) is 1.48. The molecule has 3 rings (SSSR count). The van der Waals surface area contributed by atoms with Gasteiger partial charge in [-0.15, -0.1) is 0 Å². The molecule has 2 N–H and O–H groups in total. The molecule has 1 aliphatic heterocycles. The number of rotatable bonds is 5. The lowest BCUT2D eigenvalue weighted by Gasteiger charge is -2.14. The molecule has 1 aliphatic rings. The first kappa shape index (κ1) is 16.9. The van der Waals surface area contributed by atoms with Gasteiger partial charge in [-0.25, -0.2) is 14.2 Å². The Morgan fingerprint density at radius 3 is 2.96 bits per heavy atom. The average molecular weight is 346 g/mol. The van der Waals surface area contributed by atoms with Crippen molar-refractivity contribution in [2.75, 3.05) is 18.0 Å². The predicted molar refractivity (Wildman–Crippen MR) is 89.7 cm³/mol. The van der Waals surface area contributed by atoms with Gasteiger partial charge in [0.05, 0.1) is 30.0 Å². The van der Waals surface area contributed by atoms with Crippen molar-refractivity contribution in [2.45, 2.75) is 26.4 Å². The number of cyclic esters (lactones) is 1. The summed E-state index contributed by atoms with van der Waals surface area (Å²) in [5, 5.41) is 2.60. The molecule has 2 amide bonds. The van der Waals surface area contributed by atoms with Gasteiger partial charge in [-0.3, -0.25) is 9.69 Å². The highest BCUT2D eigenvalue weighted by atomic mass is 19.1. The van der Waals surface area contributed by atoms with E-state index < -0.39 is 18.0 Å². The molecule has 0 unspecified atom stereocenters. The quantitative estimate of drug-likeness (QED) is 0.869. The second kappa shape index (κ2) is 6.92. The first-order valence-electron chi connectivity index (χ1n) is 8.04. The van der Waals surface area contributed by atoms with Crippen molar-refractivity contribution in [1.82, 2.24) is 15.3 Å². The summed E-state index contributed by atoms with van der Waals surface area (Å²) in [5.41, 5.74) is 1.59. The number of H-pyrrole nitrogens is 1. The third kappa shape index (κ3) is 3.62. The number of hydrogen-bond donors (Lipinski definition) is 2. The zero-order chi connectivity index (χ0) is 18.0. The second-order valence-corrected chi connectivity index (χ2v) is 5.81. The van der Waals surface area contributed by atoms with Crippen molar-refractivity contribution < 1.29 is 18.7 Å². The lowest BCUT2D eigenvalue weighted by Crippen LogP contribution is -2.33. The first-order valence-corrected chi connectivity index (χ1v) is 8.04. The van der Waals surface area contributed by atoms with E-state index in [0.717, 1.165) is 12.1 Å². The van der Waals surface area contributed by atoms with Crippen molar-refractivity contribution >= 4 is 17.7 Å². The Labute approximate surface area is 144 Å². The predicted octanol–water partition coefficient (Wildman–Crippen LogP) is 2.24. The molecular formula is C17H19FN4O3. The molecule has 2 aromatic rings. The number of nitrogens with one attached hydrogen (secondary N) is 2. The van der Waals surface area contributed by atoms with Gasteiger partial charge in [-0.1, -0.05) is 6.92 Å². The molecule has 0 spiro atoms. The van der Waals surface area contributed by atoms with Crippen LogP contribution in [0.3, 0.4) is 0 Å². The third-order valence-corrected chi connectivity index (χ3v) is 3.97. The highest BCUT2D eigenvalue weighted by Crippen LogP contribution is 2.27. The van der Waals surface area contributed by atoms with Gasteiger partial charge in [0.2, 0.25) is 5.91 Å². The maximum Gasteiger partial charge on any atom is 0.414 e. The Morgan fingerprint density at radius 2 is 2.32 bits per heavy atom. The van der Waals surface area contributed by atoms with Gasteiger partial charge < -0.3 is 15.0 Å². The maximum atomic E-state index is 14.5. The molecular weight excluding hydrogens is 327 g/mol. The van der Waals surface area contributed by atoms with Crippen molar-refractivity contribution in [2.24, 2.45) is 0 Å². The summed E-state index contributed by atoms with van der Waals surface area (Å²) in [6.45, 7) is 3.83. The molecule has 1 saturated heterocycles. The summed E-state index contributed by atoms with van der Waals surface area (Å²) in [5.74, 6) is -0.226. The van der Waals surface area contributed by atoms with E-state index in [4.69, 9.17) is 4.74 Å². The summed E-state index contributed by atoms with van der Waals surface area (Å²) >= 11 is 0. The smallest absolute Gasteiger partial charge is 0.414 e. The van der Waals surface area contributed by atoms with Gasteiger partial charge in [-0.05, 0) is 24.6 Å². The fourth-order valence-electron chi connectivity index (χ4n) is 2.64. The van der Waals surface area contributed by atoms with E-state index in [2.05, 4.69) is 15.3 Å². The minimum atomic E-state index is -0.561. The van der Waals surface area contributed by atoms with Gasteiger partial charge in [-0.2, -0.15) is 0 Å². The van der Waals surface area contributed by atoms with Crippen LogP contribution in [0.4, 0.5) is 14.9 Å². The Bertz CT molecular complexity index is 805. The number of imidazole rings is 1. The van der Waals surface area contributed by atoms with Crippen LogP contribution in [-0.2, 0) is 16.0 Å². The van der Waals surface area contributed by atoms with E-state index >= 15 is 0 Å². The van der Waals surface area contributed by atoms with Crippen molar-refractivity contribution in [3.8, 4) is 11.4 Å². The van der Waals surface area contributed by atoms with Gasteiger partial charge >= 0.3 is 6.09 Å². The van der Waals surface area contributed by atoms with Crippen molar-refractivity contribution in [3.05, 3.63) is 35.9 Å². The number of carbonyl (C=O) groups excluding carboxylic acids is 2. The van der Waals surface area contributed by atoms with Crippen LogP contribution in [0.2, 0.25) is 0 Å². The lowest BCUT2D eigenvalue weighted by atomic mass is 10.1. The number of halogens is 1. The fourth-order valence-corrected chi connectivity index (χ4v) is 2.64. The van der Waals surface area contributed by atoms with E-state index in [-0.39, 0.29) is 19.0 Å². The largest absolute Gasteiger partial charge is 0.442 e. The Morgan fingerprint density at radius 1 is 1.52 bits per heavy atom. The molecule has 0 saturated carbocycles. The molecule has 1 aromatic carbocycles. The van der Waals surface area contributed by atoms with Gasteiger partial charge in [0.1, 0.15) is 17.7 Å². The van der Waals surface area contributed by atoms with E-state index in [1.165, 1.54) is 17.9 Å². The molecule has 132 valence electrons. The molecule has 8 heteroatoms. The number of hydrogen-bond acceptors (Lipinski definition) is 4. The molecule has 1 fully saturated rings. The standard InChI is InChI=1S/C17H19FN4O3/c1-3-11-7-20-16(21-11)14-5-4-12(6-15(14)18)22-9-13(25-17(22)24)8-19-10(2)23/h4-7,13H,3,8-9H2,1-2H3,(H,19,23)(H,20,21)/t13-/m0/s1. The highest BCUT2D eigenvalue weighted by Gasteiger charge is 2.32. The number of amides is 2. The van der Waals surface area contributed by atoms with Crippen LogP contribution in [0, 0.1) is 5.82 Å². The van der Waals surface area contributed by atoms with Gasteiger partial charge in [0, 0.05) is 13.1 Å². The van der Waals surface area contributed by atoms with Crippen LogP contribution in [0.25, 0.3) is 11.4 Å². The summed E-state index contributed by atoms with van der Waals surface area (Å²) in [6, 6.07) is 4.51. The number of benzene rings is 1. The summed E-state index contributed by atoms with van der Waals surface area (Å²) in [7, 11) is 0. The maximum absolute atomic E-state index is 14.5. The molecule has 0 aliphatic carbocycles. The minimum Gasteiger partial charge on any atom is -0.442 e. The molecule has 2 heterocycles. The highest BCUT2D eigenvalue weighted by molar-refractivity contribution is 5.90. The minimum absolute atomic E-state index is 0.199. The van der Waals surface area contributed by atoms with Crippen LogP contribution < -0.4 is 10.2 Å². The zero-order valence-electron chi connectivity index (χ0n) is 14.0. The lowest BCUT2D eigenvalue weighted by molar-refractivity contribution is -0.119. The van der Waals surface area contributed by atoms with Crippen LogP contribution in [0.15, 0.2) is 24.4 Å². The zero-order valence-corrected chi connectivity index (χ0v) is 14.0. The first-order chi connectivity index (χ1) is 12.0. The SMILES string of the molecule is CCc1c[nH]c(-c2ccc(N3C[C@H](CNC(C)=O)OC3=O)cc2F)n1. The molecule has 25 heavy (non-hydrogen) atoms. The number of anilines is 1. The summed E-state index contributed by atoms with van der Waals surface area (Å²) < 4.78 is 19.7. The molecule has 1 aromatic heterocycles. The van der Waals surface area contributed by atoms with Crippen LogP contribution >= 0.6 is 0 Å². The Hall–Kier alpha value is -2.90. The average Bonchev–Trinajstić information content (AvgIpc) is 3.19. The Kier molecular flexibility index (Phi) is 4.69. The normalized spacial score (nSPS) is 16.8. The van der Waals surface area contributed by atoms with Gasteiger partial charge in [0.15, 0.2) is 0 Å². The third-order valence-electron chi connectivity index (χ3n) is 3.97. The monoisotopic (exact) mass is 346 g/mol. The molecule has 0 bridgehead atoms. The second-order valence-electron chi connectivity index (χ2n) is 5.81. The number of aromatic amines is 1. The van der Waals surface area contributed by atoms with Crippen molar-refractivity contribution in [1.29, 1.82) is 0 Å². The van der Waals surface area contributed by atoms with Crippen LogP contribution in [0.5, 0.6) is 0 Å². The number of carbonyl (C=O) groups is 2. The fraction of sp³-hybridized carbons (Fsp3) is 0.353. The van der Waals surface area contributed by atoms with Crippen LogP contribution in [0.1, 0.15) is 19.5 Å². The van der Waals surface area contributed by atoms with Crippen molar-refractivity contribution in [3.63, 3.8) is 0 Å². The topological polar surface area (TPSA) is 87.3 Å². The molecule has 7 nitrogen and oxygen atoms in total. The number of ether oxygens (including phenoxy) is 1. The van der Waals surface area contributed by atoms with E-state index in [0.29, 0.717) is 17.1 Å². The molecule has 1 atom stereocenters. The van der Waals surface area contributed by atoms with Gasteiger partial charge in [0.25, 0.3) is 0 Å².